The van der Waals surface area contributed by atoms with Gasteiger partial charge in [0.25, 0.3) is 0 Å². The van der Waals surface area contributed by atoms with E-state index in [2.05, 4.69) is 37.0 Å². The predicted octanol–water partition coefficient (Wildman–Crippen LogP) is 2.78. The SMILES string of the molecule is COC(C(C)C)C(N)Cc1ccc2ccccc2n1. The lowest BCUT2D eigenvalue weighted by Crippen LogP contribution is -2.41. The number of para-hydroxylation sites is 1. The standard InChI is InChI=1S/C16H22N2O/c1-11(2)16(19-3)14(17)10-13-9-8-12-6-4-5-7-15(12)18-13/h4-9,11,14,16H,10,17H2,1-3H3. The Morgan fingerprint density at radius 3 is 2.58 bits per heavy atom. The summed E-state index contributed by atoms with van der Waals surface area (Å²) in [7, 11) is 1.72. The monoisotopic (exact) mass is 258 g/mol. The van der Waals surface area contributed by atoms with Crippen LogP contribution < -0.4 is 5.73 Å². The molecule has 1 heterocycles. The number of nitrogens with zero attached hydrogens (tertiary/aromatic N) is 1. The molecule has 2 aromatic rings. The fourth-order valence-corrected chi connectivity index (χ4v) is 2.52. The smallest absolute Gasteiger partial charge is 0.0748 e. The van der Waals surface area contributed by atoms with Crippen molar-refractivity contribution in [2.24, 2.45) is 11.7 Å². The molecule has 0 aliphatic heterocycles. The lowest BCUT2D eigenvalue weighted by Gasteiger charge is -2.25. The second kappa shape index (κ2) is 6.13. The first-order valence-corrected chi connectivity index (χ1v) is 6.75. The van der Waals surface area contributed by atoms with E-state index < -0.39 is 0 Å². The Labute approximate surface area is 114 Å². The van der Waals surface area contributed by atoms with Gasteiger partial charge in [-0.2, -0.15) is 0 Å². The van der Waals surface area contributed by atoms with Gasteiger partial charge < -0.3 is 10.5 Å². The van der Waals surface area contributed by atoms with E-state index in [1.54, 1.807) is 7.11 Å². The van der Waals surface area contributed by atoms with E-state index in [1.807, 2.05) is 18.2 Å². The quantitative estimate of drug-likeness (QED) is 0.897. The largest absolute Gasteiger partial charge is 0.380 e. The van der Waals surface area contributed by atoms with Crippen LogP contribution in [-0.4, -0.2) is 24.2 Å². The molecule has 2 unspecified atom stereocenters. The molecule has 0 saturated heterocycles. The van der Waals surface area contributed by atoms with Gasteiger partial charge in [0.2, 0.25) is 0 Å². The molecule has 3 heteroatoms. The highest BCUT2D eigenvalue weighted by atomic mass is 16.5. The second-order valence-electron chi connectivity index (χ2n) is 5.31. The number of hydrogen-bond donors (Lipinski definition) is 1. The molecule has 0 aliphatic rings. The third-order valence-corrected chi connectivity index (χ3v) is 3.45. The van der Waals surface area contributed by atoms with Crippen molar-refractivity contribution < 1.29 is 4.74 Å². The van der Waals surface area contributed by atoms with E-state index in [0.29, 0.717) is 5.92 Å². The maximum absolute atomic E-state index is 6.24. The third-order valence-electron chi connectivity index (χ3n) is 3.45. The summed E-state index contributed by atoms with van der Waals surface area (Å²) in [6.07, 6.45) is 0.801. The average Bonchev–Trinajstić information content (AvgIpc) is 2.39. The normalized spacial score (nSPS) is 14.8. The molecule has 0 aliphatic carbocycles. The van der Waals surface area contributed by atoms with Crippen LogP contribution in [0.4, 0.5) is 0 Å². The minimum atomic E-state index is -0.0290. The summed E-state index contributed by atoms with van der Waals surface area (Å²) in [4.78, 5) is 4.66. The molecule has 2 atom stereocenters. The Hall–Kier alpha value is -1.45. The van der Waals surface area contributed by atoms with Crippen LogP contribution in [0.1, 0.15) is 19.5 Å². The Kier molecular flexibility index (Phi) is 4.51. The molecular formula is C16H22N2O. The number of pyridine rings is 1. The van der Waals surface area contributed by atoms with E-state index in [4.69, 9.17) is 10.5 Å². The minimum absolute atomic E-state index is 0.0290. The number of nitrogens with two attached hydrogens (primary N) is 1. The van der Waals surface area contributed by atoms with Crippen molar-refractivity contribution in [2.75, 3.05) is 7.11 Å². The minimum Gasteiger partial charge on any atom is -0.380 e. The molecule has 0 amide bonds. The van der Waals surface area contributed by atoms with Gasteiger partial charge in [0.15, 0.2) is 0 Å². The maximum Gasteiger partial charge on any atom is 0.0748 e. The third kappa shape index (κ3) is 3.31. The molecule has 0 radical (unpaired) electrons. The second-order valence-corrected chi connectivity index (χ2v) is 5.31. The highest BCUT2D eigenvalue weighted by Gasteiger charge is 2.21. The number of aromatic nitrogens is 1. The van der Waals surface area contributed by atoms with Crippen LogP contribution in [0, 0.1) is 5.92 Å². The lowest BCUT2D eigenvalue weighted by atomic mass is 9.96. The van der Waals surface area contributed by atoms with Crippen molar-refractivity contribution in [1.29, 1.82) is 0 Å². The van der Waals surface area contributed by atoms with Crippen molar-refractivity contribution in [2.45, 2.75) is 32.4 Å². The van der Waals surface area contributed by atoms with Crippen molar-refractivity contribution >= 4 is 10.9 Å². The van der Waals surface area contributed by atoms with Gasteiger partial charge in [0.05, 0.1) is 11.6 Å². The fourth-order valence-electron chi connectivity index (χ4n) is 2.52. The molecule has 1 aromatic heterocycles. The fraction of sp³-hybridized carbons (Fsp3) is 0.438. The molecule has 0 bridgehead atoms. The average molecular weight is 258 g/mol. The maximum atomic E-state index is 6.24. The summed E-state index contributed by atoms with van der Waals surface area (Å²) in [5.74, 6) is 0.403. The van der Waals surface area contributed by atoms with Gasteiger partial charge in [0.1, 0.15) is 0 Å². The van der Waals surface area contributed by atoms with Crippen LogP contribution in [-0.2, 0) is 11.2 Å². The summed E-state index contributed by atoms with van der Waals surface area (Å²) >= 11 is 0. The van der Waals surface area contributed by atoms with Crippen molar-refractivity contribution in [3.63, 3.8) is 0 Å². The van der Waals surface area contributed by atoms with Gasteiger partial charge in [0, 0.05) is 30.7 Å². The molecule has 2 N–H and O–H groups in total. The zero-order valence-corrected chi connectivity index (χ0v) is 11.8. The first-order valence-electron chi connectivity index (χ1n) is 6.75. The van der Waals surface area contributed by atoms with E-state index in [-0.39, 0.29) is 12.1 Å². The Balaban J connectivity index is 2.16. The Bertz CT molecular complexity index is 539. The van der Waals surface area contributed by atoms with Gasteiger partial charge in [-0.05, 0) is 18.1 Å². The first kappa shape index (κ1) is 14.0. The highest BCUT2D eigenvalue weighted by molar-refractivity contribution is 5.78. The zero-order valence-electron chi connectivity index (χ0n) is 11.8. The predicted molar refractivity (Wildman–Crippen MR) is 79.1 cm³/mol. The molecule has 0 spiro atoms. The van der Waals surface area contributed by atoms with Crippen LogP contribution in [0.25, 0.3) is 10.9 Å². The number of ether oxygens (including phenoxy) is 1. The summed E-state index contributed by atoms with van der Waals surface area (Å²) in [5.41, 5.74) is 8.28. The number of benzene rings is 1. The summed E-state index contributed by atoms with van der Waals surface area (Å²) in [5, 5.41) is 1.16. The van der Waals surface area contributed by atoms with Gasteiger partial charge in [-0.25, -0.2) is 0 Å². The molecule has 3 nitrogen and oxygen atoms in total. The molecule has 102 valence electrons. The van der Waals surface area contributed by atoms with E-state index in [0.717, 1.165) is 23.0 Å². The molecule has 1 aromatic carbocycles. The van der Waals surface area contributed by atoms with E-state index >= 15 is 0 Å². The number of rotatable bonds is 5. The van der Waals surface area contributed by atoms with E-state index in [9.17, 15) is 0 Å². The van der Waals surface area contributed by atoms with E-state index in [1.165, 1.54) is 0 Å². The van der Waals surface area contributed by atoms with Gasteiger partial charge in [-0.3, -0.25) is 4.98 Å². The van der Waals surface area contributed by atoms with Gasteiger partial charge >= 0.3 is 0 Å². The topological polar surface area (TPSA) is 48.1 Å². The van der Waals surface area contributed by atoms with Crippen molar-refractivity contribution in [1.82, 2.24) is 4.98 Å². The first-order chi connectivity index (χ1) is 9.11. The van der Waals surface area contributed by atoms with Crippen molar-refractivity contribution in [3.05, 3.63) is 42.1 Å². The molecule has 0 saturated carbocycles. The van der Waals surface area contributed by atoms with Gasteiger partial charge in [-0.1, -0.05) is 38.1 Å². The molecule has 2 rings (SSSR count). The zero-order chi connectivity index (χ0) is 13.8. The van der Waals surface area contributed by atoms with Crippen LogP contribution in [0.3, 0.4) is 0 Å². The molecule has 0 fully saturated rings. The number of fused-ring (bicyclic) bond motifs is 1. The Morgan fingerprint density at radius 1 is 1.16 bits per heavy atom. The van der Waals surface area contributed by atoms with Crippen LogP contribution >= 0.6 is 0 Å². The summed E-state index contributed by atoms with van der Waals surface area (Å²) < 4.78 is 5.48. The van der Waals surface area contributed by atoms with Crippen molar-refractivity contribution in [3.8, 4) is 0 Å². The summed E-state index contributed by atoms with van der Waals surface area (Å²) in [6.45, 7) is 4.25. The lowest BCUT2D eigenvalue weighted by molar-refractivity contribution is 0.0439. The van der Waals surface area contributed by atoms with Crippen LogP contribution in [0.2, 0.25) is 0 Å². The molecule has 19 heavy (non-hydrogen) atoms. The Morgan fingerprint density at radius 2 is 1.89 bits per heavy atom. The van der Waals surface area contributed by atoms with Gasteiger partial charge in [-0.15, -0.1) is 0 Å². The molecular weight excluding hydrogens is 236 g/mol. The highest BCUT2D eigenvalue weighted by Crippen LogP contribution is 2.15. The van der Waals surface area contributed by atoms with Crippen LogP contribution in [0.15, 0.2) is 36.4 Å². The summed E-state index contributed by atoms with van der Waals surface area (Å²) in [6, 6.07) is 12.2. The van der Waals surface area contributed by atoms with Crippen LogP contribution in [0.5, 0.6) is 0 Å². The number of hydrogen-bond acceptors (Lipinski definition) is 3. The number of methoxy groups -OCH3 is 1.